The fourth-order valence-corrected chi connectivity index (χ4v) is 2.73. The Kier molecular flexibility index (Phi) is 6.71. The third-order valence-electron chi connectivity index (χ3n) is 2.95. The lowest BCUT2D eigenvalue weighted by Crippen LogP contribution is -2.36. The first-order valence-corrected chi connectivity index (χ1v) is 8.30. The average Bonchev–Trinajstić information content (AvgIpc) is 2.98. The Morgan fingerprint density at radius 3 is 2.77 bits per heavy atom. The summed E-state index contributed by atoms with van der Waals surface area (Å²) in [5, 5.41) is 7.65. The Labute approximate surface area is 139 Å². The Balaban J connectivity index is 1.60. The van der Waals surface area contributed by atoms with Gasteiger partial charge in [-0.2, -0.15) is 11.3 Å². The van der Waals surface area contributed by atoms with Crippen molar-refractivity contribution in [3.8, 4) is 5.75 Å². The lowest BCUT2D eigenvalue weighted by molar-refractivity contribution is -0.122. The predicted octanol–water partition coefficient (Wildman–Crippen LogP) is 3.03. The third kappa shape index (κ3) is 6.05. The van der Waals surface area contributed by atoms with Crippen LogP contribution in [0, 0.1) is 0 Å². The van der Waals surface area contributed by atoms with Crippen LogP contribution in [0.25, 0.3) is 0 Å². The monoisotopic (exact) mass is 338 g/mol. The van der Waals surface area contributed by atoms with Crippen LogP contribution in [0.4, 0.5) is 0 Å². The van der Waals surface area contributed by atoms with Crippen LogP contribution in [0.5, 0.6) is 5.75 Å². The van der Waals surface area contributed by atoms with E-state index in [1.807, 2.05) is 17.3 Å². The molecule has 0 aliphatic heterocycles. The third-order valence-corrected chi connectivity index (χ3v) is 3.94. The fourth-order valence-electron chi connectivity index (χ4n) is 1.94. The van der Waals surface area contributed by atoms with Crippen molar-refractivity contribution in [2.24, 2.45) is 0 Å². The molecule has 0 fully saturated rings. The van der Waals surface area contributed by atoms with Gasteiger partial charge in [0.15, 0.2) is 0 Å². The number of carbonyl (C=O) groups is 1. The molecule has 2 rings (SSSR count). The Hall–Kier alpha value is -1.56. The van der Waals surface area contributed by atoms with E-state index in [-0.39, 0.29) is 5.91 Å². The zero-order chi connectivity index (χ0) is 15.8. The summed E-state index contributed by atoms with van der Waals surface area (Å²) in [6.07, 6.45) is 0. The number of rotatable bonds is 8. The van der Waals surface area contributed by atoms with Gasteiger partial charge in [-0.05, 0) is 53.7 Å². The van der Waals surface area contributed by atoms with Crippen molar-refractivity contribution in [2.45, 2.75) is 6.54 Å². The molecule has 1 amide bonds. The second kappa shape index (κ2) is 8.78. The molecule has 0 unspecified atom stereocenters. The maximum Gasteiger partial charge on any atom is 0.234 e. The molecule has 0 radical (unpaired) electrons. The first-order valence-electron chi connectivity index (χ1n) is 6.98. The van der Waals surface area contributed by atoms with Gasteiger partial charge in [-0.1, -0.05) is 11.6 Å². The molecule has 0 saturated heterocycles. The molecule has 0 saturated carbocycles. The molecule has 1 heterocycles. The van der Waals surface area contributed by atoms with Crippen molar-refractivity contribution < 1.29 is 9.53 Å². The van der Waals surface area contributed by atoms with Gasteiger partial charge in [0.05, 0.1) is 13.1 Å². The van der Waals surface area contributed by atoms with Crippen molar-refractivity contribution in [3.05, 3.63) is 51.7 Å². The number of thiophene rings is 1. The second-order valence-corrected chi connectivity index (χ2v) is 6.17. The summed E-state index contributed by atoms with van der Waals surface area (Å²) in [5.74, 6) is 0.741. The minimum atomic E-state index is -0.00237. The van der Waals surface area contributed by atoms with Crippen molar-refractivity contribution in [2.75, 3.05) is 26.7 Å². The van der Waals surface area contributed by atoms with E-state index >= 15 is 0 Å². The van der Waals surface area contributed by atoms with E-state index in [1.54, 1.807) is 35.6 Å². The first-order chi connectivity index (χ1) is 10.6. The van der Waals surface area contributed by atoms with Crippen LogP contribution >= 0.6 is 22.9 Å². The maximum atomic E-state index is 11.8. The topological polar surface area (TPSA) is 41.6 Å². The van der Waals surface area contributed by atoms with Gasteiger partial charge in [0, 0.05) is 11.6 Å². The number of likely N-dealkylation sites (N-methyl/N-ethyl adjacent to an activating group) is 1. The number of carbonyl (C=O) groups excluding carboxylic acids is 1. The number of hydrogen-bond acceptors (Lipinski definition) is 4. The molecular formula is C16H19ClN2O2S. The van der Waals surface area contributed by atoms with Gasteiger partial charge in [-0.25, -0.2) is 0 Å². The van der Waals surface area contributed by atoms with E-state index in [9.17, 15) is 4.79 Å². The van der Waals surface area contributed by atoms with E-state index in [0.717, 1.165) is 12.3 Å². The number of nitrogens with one attached hydrogen (secondary N) is 1. The van der Waals surface area contributed by atoms with Crippen LogP contribution < -0.4 is 10.1 Å². The summed E-state index contributed by atoms with van der Waals surface area (Å²) in [4.78, 5) is 13.8. The molecule has 1 N–H and O–H groups in total. The molecule has 1 aromatic heterocycles. The molecule has 6 heteroatoms. The zero-order valence-electron chi connectivity index (χ0n) is 12.4. The van der Waals surface area contributed by atoms with Crippen LogP contribution in [0.2, 0.25) is 5.02 Å². The fraction of sp³-hybridized carbons (Fsp3) is 0.312. The van der Waals surface area contributed by atoms with E-state index in [4.69, 9.17) is 16.3 Å². The zero-order valence-corrected chi connectivity index (χ0v) is 14.0. The summed E-state index contributed by atoms with van der Waals surface area (Å²) < 4.78 is 5.52. The van der Waals surface area contributed by atoms with Gasteiger partial charge >= 0.3 is 0 Å². The highest BCUT2D eigenvalue weighted by Gasteiger charge is 2.07. The molecule has 0 aliphatic carbocycles. The Morgan fingerprint density at radius 1 is 1.32 bits per heavy atom. The van der Waals surface area contributed by atoms with Crippen LogP contribution in [0.15, 0.2) is 41.1 Å². The van der Waals surface area contributed by atoms with Crippen LogP contribution in [-0.2, 0) is 11.3 Å². The highest BCUT2D eigenvalue weighted by molar-refractivity contribution is 7.07. The molecular weight excluding hydrogens is 320 g/mol. The SMILES string of the molecule is CN(CC(=O)NCCOc1ccc(Cl)cc1)Cc1ccsc1. The van der Waals surface area contributed by atoms with Crippen molar-refractivity contribution in [1.29, 1.82) is 0 Å². The number of hydrogen-bond donors (Lipinski definition) is 1. The minimum Gasteiger partial charge on any atom is -0.492 e. The summed E-state index contributed by atoms with van der Waals surface area (Å²) in [6.45, 7) is 2.06. The normalized spacial score (nSPS) is 10.7. The summed E-state index contributed by atoms with van der Waals surface area (Å²) >= 11 is 7.46. The van der Waals surface area contributed by atoms with Gasteiger partial charge in [-0.3, -0.25) is 9.69 Å². The molecule has 1 aromatic carbocycles. The Bertz CT molecular complexity index is 572. The van der Waals surface area contributed by atoms with Gasteiger partial charge in [0.25, 0.3) is 0 Å². The van der Waals surface area contributed by atoms with Crippen molar-refractivity contribution >= 4 is 28.8 Å². The quantitative estimate of drug-likeness (QED) is 0.752. The van der Waals surface area contributed by atoms with E-state index in [0.29, 0.717) is 24.7 Å². The van der Waals surface area contributed by atoms with E-state index in [2.05, 4.69) is 16.8 Å². The molecule has 0 spiro atoms. The lowest BCUT2D eigenvalue weighted by atomic mass is 10.3. The molecule has 118 valence electrons. The molecule has 4 nitrogen and oxygen atoms in total. The largest absolute Gasteiger partial charge is 0.492 e. The molecule has 0 atom stereocenters. The van der Waals surface area contributed by atoms with Gasteiger partial charge in [0.2, 0.25) is 5.91 Å². The van der Waals surface area contributed by atoms with Crippen molar-refractivity contribution in [3.63, 3.8) is 0 Å². The molecule has 0 bridgehead atoms. The minimum absolute atomic E-state index is 0.00237. The van der Waals surface area contributed by atoms with E-state index < -0.39 is 0 Å². The van der Waals surface area contributed by atoms with Gasteiger partial charge < -0.3 is 10.1 Å². The number of halogens is 1. The van der Waals surface area contributed by atoms with Crippen molar-refractivity contribution in [1.82, 2.24) is 10.2 Å². The molecule has 0 aliphatic rings. The molecule has 22 heavy (non-hydrogen) atoms. The van der Waals surface area contributed by atoms with Crippen LogP contribution in [0.3, 0.4) is 0 Å². The average molecular weight is 339 g/mol. The summed E-state index contributed by atoms with van der Waals surface area (Å²) in [7, 11) is 1.93. The number of benzene rings is 1. The lowest BCUT2D eigenvalue weighted by Gasteiger charge is -2.15. The highest BCUT2D eigenvalue weighted by Crippen LogP contribution is 2.15. The maximum absolute atomic E-state index is 11.8. The molecule has 2 aromatic rings. The number of ether oxygens (including phenoxy) is 1. The van der Waals surface area contributed by atoms with E-state index in [1.165, 1.54) is 5.56 Å². The highest BCUT2D eigenvalue weighted by atomic mass is 35.5. The van der Waals surface area contributed by atoms with Crippen LogP contribution in [-0.4, -0.2) is 37.6 Å². The summed E-state index contributed by atoms with van der Waals surface area (Å²) in [6, 6.07) is 9.22. The number of amides is 1. The Morgan fingerprint density at radius 2 is 2.09 bits per heavy atom. The van der Waals surface area contributed by atoms with Gasteiger partial charge in [0.1, 0.15) is 12.4 Å². The predicted molar refractivity (Wildman–Crippen MR) is 90.6 cm³/mol. The van der Waals surface area contributed by atoms with Gasteiger partial charge in [-0.15, -0.1) is 0 Å². The second-order valence-electron chi connectivity index (χ2n) is 4.96. The van der Waals surface area contributed by atoms with Crippen LogP contribution in [0.1, 0.15) is 5.56 Å². The first kappa shape index (κ1) is 16.8. The standard InChI is InChI=1S/C16H19ClN2O2S/c1-19(10-13-6-9-22-12-13)11-16(20)18-7-8-21-15-4-2-14(17)3-5-15/h2-6,9,12H,7-8,10-11H2,1H3,(H,18,20). The number of nitrogens with zero attached hydrogens (tertiary/aromatic N) is 1. The smallest absolute Gasteiger partial charge is 0.234 e. The summed E-state index contributed by atoms with van der Waals surface area (Å²) in [5.41, 5.74) is 1.23.